The molecule has 3 aromatic rings. The Labute approximate surface area is 114 Å². The largest absolute Gasteiger partial charge is 0.369 e. The molecule has 19 heavy (non-hydrogen) atoms. The highest BCUT2D eigenvalue weighted by atomic mass is 35.5. The Balaban J connectivity index is 2.33. The quantitative estimate of drug-likeness (QED) is 0.736. The van der Waals surface area contributed by atoms with E-state index in [-0.39, 0.29) is 5.82 Å². The van der Waals surface area contributed by atoms with E-state index < -0.39 is 0 Å². The molecule has 0 bridgehead atoms. The van der Waals surface area contributed by atoms with Gasteiger partial charge in [-0.2, -0.15) is 0 Å². The lowest BCUT2D eigenvalue weighted by Crippen LogP contribution is -2.02. The van der Waals surface area contributed by atoms with Crippen molar-refractivity contribution in [2.75, 3.05) is 5.73 Å². The van der Waals surface area contributed by atoms with Gasteiger partial charge >= 0.3 is 0 Å². The molecule has 5 heteroatoms. The Morgan fingerprint density at radius 3 is 2.74 bits per heavy atom. The topological polar surface area (TPSA) is 43.8 Å². The van der Waals surface area contributed by atoms with Crippen molar-refractivity contribution in [3.8, 4) is 5.69 Å². The summed E-state index contributed by atoms with van der Waals surface area (Å²) in [6, 6.07) is 9.95. The van der Waals surface area contributed by atoms with E-state index in [2.05, 4.69) is 4.98 Å². The fraction of sp³-hybridized carbons (Fsp3) is 0.0714. The van der Waals surface area contributed by atoms with Crippen LogP contribution in [0.2, 0.25) is 5.02 Å². The van der Waals surface area contributed by atoms with Crippen LogP contribution in [0, 0.1) is 12.7 Å². The molecule has 0 radical (unpaired) electrons. The SMILES string of the molecule is Cc1cc(F)ccc1-n1c(N)nc2cc(Cl)ccc21. The minimum Gasteiger partial charge on any atom is -0.369 e. The van der Waals surface area contributed by atoms with Gasteiger partial charge in [0.15, 0.2) is 0 Å². The summed E-state index contributed by atoms with van der Waals surface area (Å²) in [4.78, 5) is 4.28. The third kappa shape index (κ3) is 1.94. The van der Waals surface area contributed by atoms with Crippen molar-refractivity contribution in [1.82, 2.24) is 9.55 Å². The number of benzene rings is 2. The summed E-state index contributed by atoms with van der Waals surface area (Å²) in [7, 11) is 0. The Kier molecular flexibility index (Phi) is 2.68. The van der Waals surface area contributed by atoms with Gasteiger partial charge in [0.2, 0.25) is 5.95 Å². The van der Waals surface area contributed by atoms with Crippen LogP contribution in [0.25, 0.3) is 16.7 Å². The highest BCUT2D eigenvalue weighted by Gasteiger charge is 2.12. The van der Waals surface area contributed by atoms with Crippen molar-refractivity contribution in [3.63, 3.8) is 0 Å². The molecule has 0 unspecified atom stereocenters. The number of nitrogens with zero attached hydrogens (tertiary/aromatic N) is 2. The lowest BCUT2D eigenvalue weighted by Gasteiger charge is -2.10. The van der Waals surface area contributed by atoms with Crippen molar-refractivity contribution < 1.29 is 4.39 Å². The summed E-state index contributed by atoms with van der Waals surface area (Å²) in [6.45, 7) is 1.83. The van der Waals surface area contributed by atoms with Gasteiger partial charge in [-0.25, -0.2) is 9.37 Å². The first-order chi connectivity index (χ1) is 9.06. The molecule has 96 valence electrons. The lowest BCUT2D eigenvalue weighted by atomic mass is 10.2. The van der Waals surface area contributed by atoms with Crippen LogP contribution in [0.1, 0.15) is 5.56 Å². The molecule has 0 spiro atoms. The van der Waals surface area contributed by atoms with Crippen molar-refractivity contribution in [3.05, 3.63) is 52.8 Å². The number of nitrogen functional groups attached to an aromatic ring is 1. The van der Waals surface area contributed by atoms with Gasteiger partial charge in [-0.1, -0.05) is 11.6 Å². The second-order valence-electron chi connectivity index (χ2n) is 4.37. The van der Waals surface area contributed by atoms with E-state index >= 15 is 0 Å². The van der Waals surface area contributed by atoms with Crippen molar-refractivity contribution in [2.24, 2.45) is 0 Å². The molecule has 2 N–H and O–H groups in total. The minimum absolute atomic E-state index is 0.271. The van der Waals surface area contributed by atoms with Gasteiger partial charge in [0.1, 0.15) is 5.82 Å². The molecule has 0 aliphatic rings. The molecule has 2 aromatic carbocycles. The van der Waals surface area contributed by atoms with Gasteiger partial charge < -0.3 is 5.73 Å². The van der Waals surface area contributed by atoms with Crippen molar-refractivity contribution in [1.29, 1.82) is 0 Å². The minimum atomic E-state index is -0.271. The zero-order valence-corrected chi connectivity index (χ0v) is 10.9. The molecule has 0 aliphatic heterocycles. The number of nitrogens with two attached hydrogens (primary N) is 1. The zero-order chi connectivity index (χ0) is 13.6. The van der Waals surface area contributed by atoms with E-state index in [0.717, 1.165) is 16.8 Å². The maximum absolute atomic E-state index is 13.2. The molecule has 0 aliphatic carbocycles. The Bertz CT molecular complexity index is 780. The number of imidazole rings is 1. The normalized spacial score (nSPS) is 11.1. The van der Waals surface area contributed by atoms with E-state index in [0.29, 0.717) is 16.5 Å². The highest BCUT2D eigenvalue weighted by Crippen LogP contribution is 2.27. The molecule has 3 rings (SSSR count). The van der Waals surface area contributed by atoms with E-state index in [1.54, 1.807) is 22.8 Å². The highest BCUT2D eigenvalue weighted by molar-refractivity contribution is 6.31. The summed E-state index contributed by atoms with van der Waals surface area (Å²) in [6.07, 6.45) is 0. The number of halogens is 2. The van der Waals surface area contributed by atoms with Crippen molar-refractivity contribution in [2.45, 2.75) is 6.92 Å². The number of hydrogen-bond donors (Lipinski definition) is 1. The third-order valence-corrected chi connectivity index (χ3v) is 3.28. The maximum atomic E-state index is 13.2. The van der Waals surface area contributed by atoms with Gasteiger partial charge in [-0.05, 0) is 48.9 Å². The second kappa shape index (κ2) is 4.24. The molecule has 0 atom stereocenters. The number of rotatable bonds is 1. The standard InChI is InChI=1S/C14H11ClFN3/c1-8-6-10(16)3-5-12(8)19-13-4-2-9(15)7-11(13)18-14(19)17/h2-7H,1H3,(H2,17,18). The number of fused-ring (bicyclic) bond motifs is 1. The summed E-state index contributed by atoms with van der Waals surface area (Å²) < 4.78 is 15.0. The molecular formula is C14H11ClFN3. The van der Waals surface area contributed by atoms with E-state index in [9.17, 15) is 4.39 Å². The molecular weight excluding hydrogens is 265 g/mol. The number of aryl methyl sites for hydroxylation is 1. The van der Waals surface area contributed by atoms with Gasteiger partial charge in [0.25, 0.3) is 0 Å². The maximum Gasteiger partial charge on any atom is 0.205 e. The monoisotopic (exact) mass is 275 g/mol. The van der Waals surface area contributed by atoms with Gasteiger partial charge in [-0.3, -0.25) is 4.57 Å². The van der Waals surface area contributed by atoms with Crippen molar-refractivity contribution >= 4 is 28.6 Å². The number of hydrogen-bond acceptors (Lipinski definition) is 2. The van der Waals surface area contributed by atoms with E-state index in [1.807, 2.05) is 13.0 Å². The van der Waals surface area contributed by atoms with Crippen LogP contribution in [0.5, 0.6) is 0 Å². The first kappa shape index (κ1) is 12.0. The summed E-state index contributed by atoms with van der Waals surface area (Å²) >= 11 is 5.94. The molecule has 3 nitrogen and oxygen atoms in total. The predicted octanol–water partition coefficient (Wildman–Crippen LogP) is 3.71. The van der Waals surface area contributed by atoms with E-state index in [4.69, 9.17) is 17.3 Å². The first-order valence-electron chi connectivity index (χ1n) is 5.76. The lowest BCUT2D eigenvalue weighted by molar-refractivity contribution is 0.626. The summed E-state index contributed by atoms with van der Waals surface area (Å²) in [5.74, 6) is 0.0826. The average Bonchev–Trinajstić information content (AvgIpc) is 2.65. The van der Waals surface area contributed by atoms with Gasteiger partial charge in [0.05, 0.1) is 16.7 Å². The van der Waals surface area contributed by atoms with Crippen LogP contribution in [0.15, 0.2) is 36.4 Å². The summed E-state index contributed by atoms with van der Waals surface area (Å²) in [5, 5.41) is 0.605. The molecule has 0 saturated carbocycles. The van der Waals surface area contributed by atoms with Crippen LogP contribution < -0.4 is 5.73 Å². The smallest absolute Gasteiger partial charge is 0.205 e. The fourth-order valence-electron chi connectivity index (χ4n) is 2.19. The molecule has 0 fully saturated rings. The Morgan fingerprint density at radius 2 is 2.00 bits per heavy atom. The van der Waals surface area contributed by atoms with Crippen LogP contribution in [0.4, 0.5) is 10.3 Å². The van der Waals surface area contributed by atoms with Crippen LogP contribution in [-0.4, -0.2) is 9.55 Å². The first-order valence-corrected chi connectivity index (χ1v) is 6.14. The summed E-state index contributed by atoms with van der Waals surface area (Å²) in [5.41, 5.74) is 9.12. The van der Waals surface area contributed by atoms with Gasteiger partial charge in [0, 0.05) is 5.02 Å². The Hall–Kier alpha value is -2.07. The van der Waals surface area contributed by atoms with Crippen LogP contribution in [-0.2, 0) is 0 Å². The Morgan fingerprint density at radius 1 is 1.21 bits per heavy atom. The van der Waals surface area contributed by atoms with Crippen LogP contribution >= 0.6 is 11.6 Å². The molecule has 0 amide bonds. The molecule has 1 heterocycles. The molecule has 0 saturated heterocycles. The number of aromatic nitrogens is 2. The third-order valence-electron chi connectivity index (χ3n) is 3.04. The fourth-order valence-corrected chi connectivity index (χ4v) is 2.36. The second-order valence-corrected chi connectivity index (χ2v) is 4.81. The van der Waals surface area contributed by atoms with Gasteiger partial charge in [-0.15, -0.1) is 0 Å². The predicted molar refractivity (Wildman–Crippen MR) is 75.2 cm³/mol. The molecule has 1 aromatic heterocycles. The van der Waals surface area contributed by atoms with E-state index in [1.165, 1.54) is 12.1 Å². The zero-order valence-electron chi connectivity index (χ0n) is 10.2. The average molecular weight is 276 g/mol. The number of anilines is 1. The van der Waals surface area contributed by atoms with Crippen LogP contribution in [0.3, 0.4) is 0 Å².